The molecule has 1 aromatic heterocycles. The first-order chi connectivity index (χ1) is 5.74. The number of pyridine rings is 1. The van der Waals surface area contributed by atoms with E-state index in [9.17, 15) is 0 Å². The number of hydrogen-bond acceptors (Lipinski definition) is 2. The third-order valence-corrected chi connectivity index (χ3v) is 1.69. The topological polar surface area (TPSA) is 38.9 Å². The van der Waals surface area contributed by atoms with Gasteiger partial charge in [-0.2, -0.15) is 0 Å². The van der Waals surface area contributed by atoms with Crippen LogP contribution < -0.4 is 5.73 Å². The molecule has 62 valence electrons. The van der Waals surface area contributed by atoms with Gasteiger partial charge in [0.05, 0.1) is 16.8 Å². The molecule has 0 bridgehead atoms. The van der Waals surface area contributed by atoms with Gasteiger partial charge in [0, 0.05) is 12.6 Å². The predicted molar refractivity (Wildman–Crippen MR) is 49.6 cm³/mol. The second-order valence-corrected chi connectivity index (χ2v) is 2.85. The fourth-order valence-corrected chi connectivity index (χ4v) is 0.950. The van der Waals surface area contributed by atoms with Crippen LogP contribution in [0.1, 0.15) is 18.2 Å². The van der Waals surface area contributed by atoms with E-state index in [1.54, 1.807) is 18.3 Å². The molecule has 0 aromatic carbocycles. The van der Waals surface area contributed by atoms with Crippen molar-refractivity contribution in [1.29, 1.82) is 0 Å². The highest BCUT2D eigenvalue weighted by molar-refractivity contribution is 6.30. The monoisotopic (exact) mass is 180 g/mol. The van der Waals surface area contributed by atoms with Gasteiger partial charge in [-0.05, 0) is 12.1 Å². The van der Waals surface area contributed by atoms with Crippen LogP contribution in [0.2, 0.25) is 5.02 Å². The zero-order chi connectivity index (χ0) is 8.97. The smallest absolute Gasteiger partial charge is 0.0589 e. The van der Waals surface area contributed by atoms with Crippen molar-refractivity contribution in [3.63, 3.8) is 0 Å². The molecule has 0 aliphatic rings. The van der Waals surface area contributed by atoms with Crippen LogP contribution in [0.25, 0.3) is 0 Å². The van der Waals surface area contributed by atoms with Crippen LogP contribution in [-0.2, 0) is 0 Å². The molecule has 3 heteroatoms. The van der Waals surface area contributed by atoms with E-state index >= 15 is 0 Å². The van der Waals surface area contributed by atoms with Gasteiger partial charge in [-0.1, -0.05) is 11.6 Å². The van der Waals surface area contributed by atoms with Crippen LogP contribution in [0.4, 0.5) is 0 Å². The molecule has 0 saturated carbocycles. The molecule has 0 radical (unpaired) electrons. The van der Waals surface area contributed by atoms with Crippen LogP contribution in [0, 0.1) is 12.3 Å². The van der Waals surface area contributed by atoms with Gasteiger partial charge in [0.25, 0.3) is 0 Å². The predicted octanol–water partition coefficient (Wildman–Crippen LogP) is 1.76. The van der Waals surface area contributed by atoms with Crippen LogP contribution in [0.15, 0.2) is 18.3 Å². The number of terminal acetylenes is 1. The summed E-state index contributed by atoms with van der Waals surface area (Å²) < 4.78 is 0. The highest BCUT2D eigenvalue weighted by Gasteiger charge is 2.04. The second-order valence-electron chi connectivity index (χ2n) is 2.42. The molecule has 2 nitrogen and oxygen atoms in total. The van der Waals surface area contributed by atoms with Crippen molar-refractivity contribution in [2.24, 2.45) is 5.73 Å². The van der Waals surface area contributed by atoms with Crippen LogP contribution in [0.5, 0.6) is 0 Å². The minimum absolute atomic E-state index is 0.188. The lowest BCUT2D eigenvalue weighted by Gasteiger charge is -2.06. The molecular weight excluding hydrogens is 172 g/mol. The Kier molecular flexibility index (Phi) is 3.09. The fraction of sp³-hybridized carbons (Fsp3) is 0.222. The van der Waals surface area contributed by atoms with E-state index in [0.717, 1.165) is 5.69 Å². The summed E-state index contributed by atoms with van der Waals surface area (Å²) in [7, 11) is 0. The van der Waals surface area contributed by atoms with Gasteiger partial charge in [0.15, 0.2) is 0 Å². The Balaban J connectivity index is 2.76. The zero-order valence-electron chi connectivity index (χ0n) is 6.50. The van der Waals surface area contributed by atoms with Crippen molar-refractivity contribution in [3.8, 4) is 12.3 Å². The Hall–Kier alpha value is -1.04. The van der Waals surface area contributed by atoms with Crippen LogP contribution in [0.3, 0.4) is 0 Å². The maximum absolute atomic E-state index is 5.71. The SMILES string of the molecule is C#CCC(N)c1ccc(Cl)cn1. The summed E-state index contributed by atoms with van der Waals surface area (Å²) >= 11 is 5.65. The Morgan fingerprint density at radius 3 is 2.92 bits per heavy atom. The van der Waals surface area contributed by atoms with E-state index in [1.807, 2.05) is 0 Å². The summed E-state index contributed by atoms with van der Waals surface area (Å²) in [6, 6.07) is 3.34. The van der Waals surface area contributed by atoms with E-state index < -0.39 is 0 Å². The van der Waals surface area contributed by atoms with E-state index in [2.05, 4.69) is 10.9 Å². The first-order valence-electron chi connectivity index (χ1n) is 3.54. The largest absolute Gasteiger partial charge is 0.322 e. The lowest BCUT2D eigenvalue weighted by Crippen LogP contribution is -2.10. The number of hydrogen-bond donors (Lipinski definition) is 1. The lowest BCUT2D eigenvalue weighted by molar-refractivity contribution is 0.725. The van der Waals surface area contributed by atoms with E-state index in [1.165, 1.54) is 0 Å². The summed E-state index contributed by atoms with van der Waals surface area (Å²) in [6.45, 7) is 0. The molecule has 1 unspecified atom stereocenters. The van der Waals surface area contributed by atoms with Crippen LogP contribution >= 0.6 is 11.6 Å². The van der Waals surface area contributed by atoms with Crippen molar-refractivity contribution >= 4 is 11.6 Å². The van der Waals surface area contributed by atoms with Crippen LogP contribution in [-0.4, -0.2) is 4.98 Å². The Morgan fingerprint density at radius 1 is 1.67 bits per heavy atom. The number of nitrogens with two attached hydrogens (primary N) is 1. The standard InChI is InChI=1S/C9H9ClN2/c1-2-3-8(11)9-5-4-7(10)6-12-9/h1,4-6,8H,3,11H2. The van der Waals surface area contributed by atoms with Gasteiger partial charge < -0.3 is 5.73 Å². The van der Waals surface area contributed by atoms with Gasteiger partial charge >= 0.3 is 0 Å². The van der Waals surface area contributed by atoms with Crippen molar-refractivity contribution in [2.45, 2.75) is 12.5 Å². The molecule has 0 spiro atoms. The minimum atomic E-state index is -0.188. The highest BCUT2D eigenvalue weighted by Crippen LogP contribution is 2.13. The summed E-state index contributed by atoms with van der Waals surface area (Å²) in [5.41, 5.74) is 6.48. The lowest BCUT2D eigenvalue weighted by atomic mass is 10.1. The Bertz CT molecular complexity index is 286. The second kappa shape index (κ2) is 4.10. The quantitative estimate of drug-likeness (QED) is 0.705. The maximum Gasteiger partial charge on any atom is 0.0589 e. The average Bonchev–Trinajstić information content (AvgIpc) is 2.06. The van der Waals surface area contributed by atoms with Gasteiger partial charge in [0.2, 0.25) is 0 Å². The van der Waals surface area contributed by atoms with Crippen molar-refractivity contribution < 1.29 is 0 Å². The molecule has 1 rings (SSSR count). The van der Waals surface area contributed by atoms with Crippen molar-refractivity contribution in [1.82, 2.24) is 4.98 Å². The summed E-state index contributed by atoms with van der Waals surface area (Å²) in [5, 5.41) is 0.603. The molecule has 1 aromatic rings. The highest BCUT2D eigenvalue weighted by atomic mass is 35.5. The molecule has 1 atom stereocenters. The molecule has 0 saturated heterocycles. The molecule has 12 heavy (non-hydrogen) atoms. The van der Waals surface area contributed by atoms with Crippen molar-refractivity contribution in [3.05, 3.63) is 29.0 Å². The van der Waals surface area contributed by atoms with Gasteiger partial charge in [0.1, 0.15) is 0 Å². The van der Waals surface area contributed by atoms with E-state index in [4.69, 9.17) is 23.8 Å². The molecule has 0 aliphatic carbocycles. The third-order valence-electron chi connectivity index (χ3n) is 1.47. The number of aromatic nitrogens is 1. The molecular formula is C9H9ClN2. The number of nitrogens with zero attached hydrogens (tertiary/aromatic N) is 1. The van der Waals surface area contributed by atoms with E-state index in [-0.39, 0.29) is 6.04 Å². The summed E-state index contributed by atoms with van der Waals surface area (Å²) in [5.74, 6) is 2.48. The van der Waals surface area contributed by atoms with Gasteiger partial charge in [-0.15, -0.1) is 12.3 Å². The fourth-order valence-electron chi connectivity index (χ4n) is 0.838. The van der Waals surface area contributed by atoms with Gasteiger partial charge in [-0.25, -0.2) is 0 Å². The Labute approximate surface area is 76.8 Å². The first kappa shape index (κ1) is 9.05. The Morgan fingerprint density at radius 2 is 2.42 bits per heavy atom. The third kappa shape index (κ3) is 2.23. The maximum atomic E-state index is 5.71. The normalized spacial score (nSPS) is 12.1. The molecule has 2 N–H and O–H groups in total. The van der Waals surface area contributed by atoms with E-state index in [0.29, 0.717) is 11.4 Å². The molecule has 1 heterocycles. The number of halogens is 1. The molecule has 0 amide bonds. The summed E-state index contributed by atoms with van der Waals surface area (Å²) in [4.78, 5) is 4.04. The number of rotatable bonds is 2. The molecule has 0 aliphatic heterocycles. The minimum Gasteiger partial charge on any atom is -0.322 e. The van der Waals surface area contributed by atoms with Crippen molar-refractivity contribution in [2.75, 3.05) is 0 Å². The van der Waals surface area contributed by atoms with Gasteiger partial charge in [-0.3, -0.25) is 4.98 Å². The molecule has 0 fully saturated rings. The summed E-state index contributed by atoms with van der Waals surface area (Å²) in [6.07, 6.45) is 7.17. The average molecular weight is 181 g/mol. The first-order valence-corrected chi connectivity index (χ1v) is 3.92. The zero-order valence-corrected chi connectivity index (χ0v) is 7.25.